The van der Waals surface area contributed by atoms with Gasteiger partial charge in [-0.15, -0.1) is 0 Å². The van der Waals surface area contributed by atoms with E-state index < -0.39 is 5.41 Å². The van der Waals surface area contributed by atoms with Crippen LogP contribution in [0.25, 0.3) is 0 Å². The molecule has 0 amide bonds. The molecule has 0 spiro atoms. The molecular weight excluding hydrogens is 1250 g/mol. The number of thioether (sulfide) groups is 6. The molecule has 0 N–H and O–H groups in total. The molecule has 0 saturated heterocycles. The average molecular weight is 1400 g/mol. The fourth-order valence-electron chi connectivity index (χ4n) is 9.80. The summed E-state index contributed by atoms with van der Waals surface area (Å²) in [5, 5.41) is 0. The zero-order valence-corrected chi connectivity index (χ0v) is 65.4. The van der Waals surface area contributed by atoms with E-state index >= 15 is 0 Å². The first-order valence-electron chi connectivity index (χ1n) is 37.3. The highest BCUT2D eigenvalue weighted by molar-refractivity contribution is 8.00. The Hall–Kier alpha value is -0.680. The Balaban J connectivity index is -0.00000491. The number of hydrogen-bond donors (Lipinski definition) is 0. The van der Waals surface area contributed by atoms with Crippen molar-refractivity contribution in [3.05, 3.63) is 0 Å². The molecule has 0 saturated carbocycles. The van der Waals surface area contributed by atoms with Gasteiger partial charge in [-0.2, -0.15) is 70.6 Å². The molecule has 91 heavy (non-hydrogen) atoms. The molecule has 540 valence electrons. The quantitative estimate of drug-likeness (QED) is 0.0324. The molecule has 10 nitrogen and oxygen atoms in total. The van der Waals surface area contributed by atoms with Crippen molar-refractivity contribution in [2.24, 2.45) is 5.41 Å². The van der Waals surface area contributed by atoms with Crippen molar-refractivity contribution in [2.75, 3.05) is 96.5 Å². The second kappa shape index (κ2) is 80.0. The molecule has 0 aromatic heterocycles. The summed E-state index contributed by atoms with van der Waals surface area (Å²) >= 11 is 10.5. The molecule has 0 aromatic rings. The van der Waals surface area contributed by atoms with Gasteiger partial charge in [-0.3, -0.25) is 28.8 Å². The molecule has 0 unspecified atom stereocenters. The number of hydrogen-bond acceptors (Lipinski definition) is 16. The summed E-state index contributed by atoms with van der Waals surface area (Å²) in [5.41, 5.74) is -1.23. The maximum Gasteiger partial charge on any atom is 0.306 e. The van der Waals surface area contributed by atoms with Crippen LogP contribution in [0.15, 0.2) is 0 Å². The molecule has 0 rings (SSSR count). The van der Waals surface area contributed by atoms with Crippen molar-refractivity contribution >= 4 is 106 Å². The van der Waals surface area contributed by atoms with E-state index in [1.807, 2.05) is 12.5 Å². The van der Waals surface area contributed by atoms with Gasteiger partial charge in [0.1, 0.15) is 43.4 Å². The minimum Gasteiger partial charge on any atom is -0.465 e. The Morgan fingerprint density at radius 2 is 0.396 bits per heavy atom. The summed E-state index contributed by atoms with van der Waals surface area (Å²) < 4.78 is 23.7. The van der Waals surface area contributed by atoms with Gasteiger partial charge in [0.15, 0.2) is 0 Å². The maximum absolute atomic E-state index is 13.3. The Labute approximate surface area is 588 Å². The number of unbranched alkanes of at least 4 members (excludes halogenated alkanes) is 36. The molecule has 0 aromatic carbocycles. The third-order valence-corrected chi connectivity index (χ3v) is 21.0. The summed E-state index contributed by atoms with van der Waals surface area (Å²) in [4.78, 5) is 74.1. The molecule has 0 aliphatic carbocycles. The van der Waals surface area contributed by atoms with E-state index in [-0.39, 0.29) is 87.6 Å². The van der Waals surface area contributed by atoms with Crippen LogP contribution in [0.5, 0.6) is 0 Å². The number of rotatable bonds is 70. The van der Waals surface area contributed by atoms with E-state index in [1.165, 1.54) is 231 Å². The molecule has 0 atom stereocenters. The smallest absolute Gasteiger partial charge is 0.306 e. The highest BCUT2D eigenvalue weighted by Gasteiger charge is 2.38. The highest BCUT2D eigenvalue weighted by Crippen LogP contribution is 2.25. The van der Waals surface area contributed by atoms with Gasteiger partial charge < -0.3 is 18.9 Å². The van der Waals surface area contributed by atoms with Crippen molar-refractivity contribution in [1.29, 1.82) is 0 Å². The van der Waals surface area contributed by atoms with E-state index in [9.17, 15) is 28.8 Å². The second-order valence-corrected chi connectivity index (χ2v) is 32.2. The van der Waals surface area contributed by atoms with E-state index in [1.54, 1.807) is 84.4 Å². The van der Waals surface area contributed by atoms with Gasteiger partial charge >= 0.3 is 23.9 Å². The van der Waals surface area contributed by atoms with E-state index in [2.05, 4.69) is 27.7 Å². The maximum atomic E-state index is 13.3. The van der Waals surface area contributed by atoms with Crippen LogP contribution in [0.1, 0.15) is 337 Å². The Kier molecular flexibility index (Phi) is 83.1. The first kappa shape index (κ1) is 94.5. The first-order valence-corrected chi connectivity index (χ1v) is 44.7. The van der Waals surface area contributed by atoms with Crippen molar-refractivity contribution in [1.82, 2.24) is 0 Å². The van der Waals surface area contributed by atoms with Crippen molar-refractivity contribution in [3.8, 4) is 0 Å². The number of carbonyl (C=O) groups excluding carboxylic acids is 6. The number of ether oxygens (including phenoxy) is 4. The molecule has 0 aliphatic rings. The zero-order valence-electron chi connectivity index (χ0n) is 60.5. The van der Waals surface area contributed by atoms with Crippen molar-refractivity contribution in [3.63, 3.8) is 0 Å². The summed E-state index contributed by atoms with van der Waals surface area (Å²) in [5.74, 6) is 7.42. The standard InChI is InChI=1S/C65H124O8S4.C8H14O2S.C2H6S/c1-5-9-13-17-21-25-29-33-37-41-49-74-53-45-61(66)70-57-65(58-71-62(67)46-54-75-50-42-38-34-30-26-22-18-14-10-6-2,59-72-63(68)47-55-76-51-43-39-35-31-27-23-19-15-11-7-3)60-73-64(69)48-56-77-52-44-40-36-32-28-24-20-16-12-8-4;1-7(9)3-5-11-6-4-8(2)10;1-3-2/h5-60H2,1-4H3;3-6H2,1-2H3;1-2H3. The first-order chi connectivity index (χ1) is 44.4. The van der Waals surface area contributed by atoms with Gasteiger partial charge in [0.2, 0.25) is 0 Å². The molecule has 16 heteroatoms. The van der Waals surface area contributed by atoms with Crippen molar-refractivity contribution in [2.45, 2.75) is 337 Å². The lowest BCUT2D eigenvalue weighted by Gasteiger charge is -2.31. The lowest BCUT2D eigenvalue weighted by molar-refractivity contribution is -0.170. The average Bonchev–Trinajstić information content (AvgIpc) is 1.69. The van der Waals surface area contributed by atoms with Gasteiger partial charge in [-0.05, 0) is 75.1 Å². The molecule has 0 heterocycles. The third-order valence-electron chi connectivity index (χ3n) is 15.7. The number of Topliss-reactive ketones (excluding diaryl/α,β-unsaturated/α-hetero) is 2. The number of ketones is 2. The summed E-state index contributed by atoms with van der Waals surface area (Å²) in [6.45, 7) is 11.5. The molecule has 0 aliphatic heterocycles. The number of esters is 4. The molecular formula is C75H144O10S6. The second-order valence-electron chi connectivity index (χ2n) is 25.2. The van der Waals surface area contributed by atoms with Gasteiger partial charge in [0.05, 0.1) is 25.7 Å². The molecule has 0 fully saturated rings. The Morgan fingerprint density at radius 3 is 0.571 bits per heavy atom. The SMILES string of the molecule is CC(=O)CCSCCC(C)=O.CCCCCCCCCCCCSCCC(=O)OCC(COC(=O)CCSCCCCCCCCCCCC)(COC(=O)CCSCCCCCCCCCCCC)COC(=O)CCSCCCCCCCCCCCC.CSC. The van der Waals surface area contributed by atoms with Gasteiger partial charge in [0, 0.05) is 47.4 Å². The zero-order chi connectivity index (χ0) is 67.5. The molecule has 0 bridgehead atoms. The van der Waals surface area contributed by atoms with Crippen LogP contribution < -0.4 is 0 Å². The van der Waals surface area contributed by atoms with E-state index in [0.717, 1.165) is 60.2 Å². The minimum atomic E-state index is -1.23. The van der Waals surface area contributed by atoms with Crippen LogP contribution in [0.3, 0.4) is 0 Å². The fourth-order valence-corrected chi connectivity index (χ4v) is 14.6. The van der Waals surface area contributed by atoms with Crippen LogP contribution in [-0.4, -0.2) is 132 Å². The van der Waals surface area contributed by atoms with Crippen LogP contribution in [0, 0.1) is 5.41 Å². The summed E-state index contributed by atoms with van der Waals surface area (Å²) in [7, 11) is 0. The number of carbonyl (C=O) groups is 6. The Morgan fingerprint density at radius 1 is 0.242 bits per heavy atom. The van der Waals surface area contributed by atoms with E-state index in [4.69, 9.17) is 18.9 Å². The molecule has 0 radical (unpaired) electrons. The lowest BCUT2D eigenvalue weighted by atomic mass is 9.92. The largest absolute Gasteiger partial charge is 0.465 e. The van der Waals surface area contributed by atoms with Gasteiger partial charge in [0.25, 0.3) is 0 Å². The van der Waals surface area contributed by atoms with Gasteiger partial charge in [-0.1, -0.05) is 259 Å². The Bertz CT molecular complexity index is 1370. The predicted molar refractivity (Wildman–Crippen MR) is 409 cm³/mol. The monoisotopic (exact) mass is 1400 g/mol. The topological polar surface area (TPSA) is 139 Å². The van der Waals surface area contributed by atoms with Crippen LogP contribution in [0.4, 0.5) is 0 Å². The minimum absolute atomic E-state index is 0.183. The van der Waals surface area contributed by atoms with Crippen molar-refractivity contribution < 1.29 is 47.7 Å². The third kappa shape index (κ3) is 81.7. The van der Waals surface area contributed by atoms with Crippen LogP contribution in [-0.2, 0) is 47.7 Å². The summed E-state index contributed by atoms with van der Waals surface area (Å²) in [6, 6.07) is 0. The van der Waals surface area contributed by atoms with Crippen LogP contribution >= 0.6 is 70.6 Å². The lowest BCUT2D eigenvalue weighted by Crippen LogP contribution is -2.44. The predicted octanol–water partition coefficient (Wildman–Crippen LogP) is 23.0. The van der Waals surface area contributed by atoms with Crippen LogP contribution in [0.2, 0.25) is 0 Å². The van der Waals surface area contributed by atoms with Gasteiger partial charge in [-0.25, -0.2) is 0 Å². The van der Waals surface area contributed by atoms with E-state index in [0.29, 0.717) is 35.9 Å². The normalized spacial score (nSPS) is 11.2. The summed E-state index contributed by atoms with van der Waals surface area (Å²) in [6.07, 6.45) is 58.3. The fraction of sp³-hybridized carbons (Fsp3) is 0.920. The highest BCUT2D eigenvalue weighted by atomic mass is 32.2.